The Bertz CT molecular complexity index is 1480. The first-order valence-corrected chi connectivity index (χ1v) is 14.6. The maximum Gasteiger partial charge on any atom is 0.337 e. The Labute approximate surface area is 257 Å². The van der Waals surface area contributed by atoms with Gasteiger partial charge in [-0.3, -0.25) is 24.3 Å². The first-order chi connectivity index (χ1) is 21.1. The van der Waals surface area contributed by atoms with E-state index in [4.69, 9.17) is 4.74 Å². The van der Waals surface area contributed by atoms with Crippen molar-refractivity contribution in [2.24, 2.45) is 5.92 Å². The van der Waals surface area contributed by atoms with Crippen molar-refractivity contribution in [1.82, 2.24) is 20.1 Å². The lowest BCUT2D eigenvalue weighted by Crippen LogP contribution is -2.57. The fourth-order valence-electron chi connectivity index (χ4n) is 5.08. The Balaban J connectivity index is 1.67. The number of esters is 1. The number of ether oxygens (including phenoxy) is 1. The van der Waals surface area contributed by atoms with Gasteiger partial charge in [0.2, 0.25) is 5.91 Å². The molecule has 0 bridgehead atoms. The molecule has 0 aliphatic carbocycles. The molecule has 4 rings (SSSR count). The second-order valence-electron chi connectivity index (χ2n) is 11.2. The highest BCUT2D eigenvalue weighted by molar-refractivity contribution is 6.03. The van der Waals surface area contributed by atoms with E-state index in [1.807, 2.05) is 50.2 Å². The Hall–Kier alpha value is -4.83. The summed E-state index contributed by atoms with van der Waals surface area (Å²) in [7, 11) is 0. The van der Waals surface area contributed by atoms with Gasteiger partial charge in [-0.2, -0.15) is 0 Å². The zero-order valence-electron chi connectivity index (χ0n) is 25.3. The number of aromatic nitrogens is 1. The number of hydrogen-bond acceptors (Lipinski definition) is 7. The van der Waals surface area contributed by atoms with Crippen molar-refractivity contribution >= 4 is 29.4 Å². The fraction of sp³-hybridized carbons (Fsp3) is 0.324. The maximum atomic E-state index is 14.1. The van der Waals surface area contributed by atoms with Crippen LogP contribution in [0.5, 0.6) is 0 Å². The van der Waals surface area contributed by atoms with Gasteiger partial charge in [0.25, 0.3) is 11.8 Å². The van der Waals surface area contributed by atoms with E-state index in [2.05, 4.69) is 10.3 Å². The van der Waals surface area contributed by atoms with Crippen LogP contribution in [0.4, 0.5) is 0 Å². The molecule has 3 atom stereocenters. The number of benzene rings is 2. The van der Waals surface area contributed by atoms with Crippen LogP contribution in [0.15, 0.2) is 91.4 Å². The van der Waals surface area contributed by atoms with Crippen LogP contribution >= 0.6 is 0 Å². The summed E-state index contributed by atoms with van der Waals surface area (Å²) in [4.78, 5) is 60.8. The van der Waals surface area contributed by atoms with Gasteiger partial charge in [-0.15, -0.1) is 0 Å². The van der Waals surface area contributed by atoms with Crippen molar-refractivity contribution in [3.8, 4) is 0 Å². The number of rotatable bonds is 11. The van der Waals surface area contributed by atoms with Gasteiger partial charge in [-0.05, 0) is 49.4 Å². The molecular weight excluding hydrogens is 560 g/mol. The highest BCUT2D eigenvalue weighted by Gasteiger charge is 2.41. The zero-order valence-corrected chi connectivity index (χ0v) is 25.3. The predicted octanol–water partition coefficient (Wildman–Crippen LogP) is 3.43. The molecule has 2 N–H and O–H groups in total. The number of carbonyl (C=O) groups is 4. The van der Waals surface area contributed by atoms with Gasteiger partial charge in [0, 0.05) is 18.6 Å². The smallest absolute Gasteiger partial charge is 0.337 e. The van der Waals surface area contributed by atoms with Crippen LogP contribution in [-0.2, 0) is 25.5 Å². The largest absolute Gasteiger partial charge is 0.461 e. The molecule has 3 amide bonds. The van der Waals surface area contributed by atoms with E-state index in [1.54, 1.807) is 62.6 Å². The quantitative estimate of drug-likeness (QED) is 0.324. The number of pyridine rings is 1. The lowest BCUT2D eigenvalue weighted by Gasteiger charge is -2.41. The SMILES string of the molecule is CC(C)OC(=O)C(O)[C@H](Cc1ccccc1)NC(=O)CN1C(=O)C(C(C)C)N(C(=O)c2cccnc2)C=C1c1ccccc1. The van der Waals surface area contributed by atoms with Gasteiger partial charge in [0.15, 0.2) is 6.10 Å². The lowest BCUT2D eigenvalue weighted by molar-refractivity contribution is -0.159. The predicted molar refractivity (Wildman–Crippen MR) is 164 cm³/mol. The van der Waals surface area contributed by atoms with Crippen LogP contribution in [0.1, 0.15) is 49.2 Å². The van der Waals surface area contributed by atoms with Crippen LogP contribution in [0.3, 0.4) is 0 Å². The summed E-state index contributed by atoms with van der Waals surface area (Å²) in [5, 5.41) is 13.7. The number of nitrogens with zero attached hydrogens (tertiary/aromatic N) is 3. The molecule has 10 nitrogen and oxygen atoms in total. The Morgan fingerprint density at radius 3 is 2.20 bits per heavy atom. The van der Waals surface area contributed by atoms with Crippen molar-refractivity contribution in [2.45, 2.75) is 58.4 Å². The molecule has 44 heavy (non-hydrogen) atoms. The van der Waals surface area contributed by atoms with Crippen molar-refractivity contribution < 1.29 is 29.0 Å². The number of aliphatic hydroxyl groups excluding tert-OH is 1. The first kappa shape index (κ1) is 32.1. The van der Waals surface area contributed by atoms with Crippen LogP contribution in [-0.4, -0.2) is 74.4 Å². The second-order valence-corrected chi connectivity index (χ2v) is 11.2. The Kier molecular flexibility index (Phi) is 10.6. The van der Waals surface area contributed by atoms with Crippen molar-refractivity contribution in [1.29, 1.82) is 0 Å². The topological polar surface area (TPSA) is 129 Å². The van der Waals surface area contributed by atoms with Crippen molar-refractivity contribution in [3.63, 3.8) is 0 Å². The van der Waals surface area contributed by atoms with Gasteiger partial charge in [-0.1, -0.05) is 74.5 Å². The zero-order chi connectivity index (χ0) is 31.8. The monoisotopic (exact) mass is 598 g/mol. The minimum Gasteiger partial charge on any atom is -0.461 e. The van der Waals surface area contributed by atoms with E-state index in [-0.39, 0.29) is 12.3 Å². The van der Waals surface area contributed by atoms with Gasteiger partial charge in [0.05, 0.1) is 23.4 Å². The number of amides is 3. The summed E-state index contributed by atoms with van der Waals surface area (Å²) in [5.41, 5.74) is 2.10. The van der Waals surface area contributed by atoms with E-state index < -0.39 is 54.5 Å². The van der Waals surface area contributed by atoms with Gasteiger partial charge in [0.1, 0.15) is 12.6 Å². The third-order valence-corrected chi connectivity index (χ3v) is 7.14. The van der Waals surface area contributed by atoms with Crippen molar-refractivity contribution in [2.75, 3.05) is 6.54 Å². The van der Waals surface area contributed by atoms with Crippen LogP contribution in [0.2, 0.25) is 0 Å². The molecular formula is C34H38N4O6. The van der Waals surface area contributed by atoms with Crippen molar-refractivity contribution in [3.05, 3.63) is 108 Å². The molecule has 1 aliphatic rings. The third-order valence-electron chi connectivity index (χ3n) is 7.14. The highest BCUT2D eigenvalue weighted by atomic mass is 16.6. The molecule has 230 valence electrons. The number of hydrogen-bond donors (Lipinski definition) is 2. The molecule has 2 aromatic carbocycles. The number of carbonyl (C=O) groups excluding carboxylic acids is 4. The molecule has 2 unspecified atom stereocenters. The third kappa shape index (κ3) is 7.76. The van der Waals surface area contributed by atoms with Gasteiger partial charge >= 0.3 is 5.97 Å². The Morgan fingerprint density at radius 1 is 0.955 bits per heavy atom. The highest BCUT2D eigenvalue weighted by Crippen LogP contribution is 2.31. The van der Waals surface area contributed by atoms with E-state index in [0.717, 1.165) is 5.56 Å². The molecule has 1 aromatic heterocycles. The summed E-state index contributed by atoms with van der Waals surface area (Å²) in [6.45, 7) is 6.59. The number of aliphatic hydroxyl groups is 1. The van der Waals surface area contributed by atoms with Crippen LogP contribution in [0.25, 0.3) is 5.70 Å². The lowest BCUT2D eigenvalue weighted by atomic mass is 9.96. The van der Waals surface area contributed by atoms with Crippen LogP contribution < -0.4 is 5.32 Å². The molecule has 3 aromatic rings. The summed E-state index contributed by atoms with van der Waals surface area (Å²) in [5.74, 6) is -2.57. The molecule has 0 fully saturated rings. The van der Waals surface area contributed by atoms with Crippen LogP contribution in [0, 0.1) is 5.92 Å². The molecule has 0 radical (unpaired) electrons. The van der Waals surface area contributed by atoms with E-state index >= 15 is 0 Å². The number of nitrogens with one attached hydrogen (secondary N) is 1. The maximum absolute atomic E-state index is 14.1. The second kappa shape index (κ2) is 14.6. The minimum atomic E-state index is -1.64. The standard InChI is InChI=1S/C34H38N4O6/c1-22(2)30-33(42)37(28(25-14-9-6-10-15-25)20-38(30)32(41)26-16-11-17-35-19-26)21-29(39)36-27(18-24-12-7-5-8-13-24)31(40)34(43)44-23(3)4/h5-17,19-20,22-23,27,30-31,40H,18,21H2,1-4H3,(H,36,39)/t27-,30?,31?/m0/s1. The van der Waals surface area contributed by atoms with E-state index in [9.17, 15) is 24.3 Å². The molecule has 10 heteroatoms. The summed E-state index contributed by atoms with van der Waals surface area (Å²) < 4.78 is 5.21. The molecule has 1 aliphatic heterocycles. The van der Waals surface area contributed by atoms with Gasteiger partial charge < -0.3 is 20.1 Å². The molecule has 0 saturated heterocycles. The molecule has 0 spiro atoms. The molecule has 0 saturated carbocycles. The fourth-order valence-corrected chi connectivity index (χ4v) is 5.08. The average Bonchev–Trinajstić information content (AvgIpc) is 3.01. The van der Waals surface area contributed by atoms with E-state index in [1.165, 1.54) is 16.0 Å². The summed E-state index contributed by atoms with van der Waals surface area (Å²) in [6, 6.07) is 19.5. The van der Waals surface area contributed by atoms with Gasteiger partial charge in [-0.25, -0.2) is 4.79 Å². The summed E-state index contributed by atoms with van der Waals surface area (Å²) in [6.07, 6.45) is 2.66. The molecule has 2 heterocycles. The first-order valence-electron chi connectivity index (χ1n) is 14.6. The van der Waals surface area contributed by atoms with E-state index in [0.29, 0.717) is 16.8 Å². The Morgan fingerprint density at radius 2 is 1.61 bits per heavy atom. The minimum absolute atomic E-state index is 0.151. The normalized spacial score (nSPS) is 16.4. The summed E-state index contributed by atoms with van der Waals surface area (Å²) >= 11 is 0. The average molecular weight is 599 g/mol.